The summed E-state index contributed by atoms with van der Waals surface area (Å²) in [5, 5.41) is 2.77. The molecule has 27 heavy (non-hydrogen) atoms. The van der Waals surface area contributed by atoms with Gasteiger partial charge in [0, 0.05) is 22.4 Å². The van der Waals surface area contributed by atoms with E-state index in [1.54, 1.807) is 61.5 Å². The number of fused-ring (bicyclic) bond motifs is 2. The van der Waals surface area contributed by atoms with Gasteiger partial charge in [-0.25, -0.2) is 0 Å². The van der Waals surface area contributed by atoms with Crippen LogP contribution in [0.1, 0.15) is 47.8 Å². The van der Waals surface area contributed by atoms with Gasteiger partial charge in [0.15, 0.2) is 11.6 Å². The van der Waals surface area contributed by atoms with E-state index >= 15 is 0 Å². The molecule has 0 saturated heterocycles. The fourth-order valence-electron chi connectivity index (χ4n) is 3.34. The summed E-state index contributed by atoms with van der Waals surface area (Å²) >= 11 is 0. The SMILES string of the molecule is Cc1cc(NC(=O)c2ccccc2)c2c(c1N)C(=O)c1ccccc1C2=O. The van der Waals surface area contributed by atoms with Gasteiger partial charge in [0.1, 0.15) is 0 Å². The molecule has 0 bridgehead atoms. The topological polar surface area (TPSA) is 89.3 Å². The number of hydrogen-bond donors (Lipinski definition) is 2. The van der Waals surface area contributed by atoms with Gasteiger partial charge in [-0.3, -0.25) is 14.4 Å². The van der Waals surface area contributed by atoms with Crippen LogP contribution in [0.25, 0.3) is 0 Å². The second-order valence-corrected chi connectivity index (χ2v) is 6.43. The lowest BCUT2D eigenvalue weighted by Crippen LogP contribution is -2.25. The predicted octanol–water partition coefficient (Wildman–Crippen LogP) is 3.60. The fourth-order valence-corrected chi connectivity index (χ4v) is 3.34. The van der Waals surface area contributed by atoms with Gasteiger partial charge in [-0.05, 0) is 30.7 Å². The molecule has 3 aromatic rings. The summed E-state index contributed by atoms with van der Waals surface area (Å²) in [6, 6.07) is 16.9. The van der Waals surface area contributed by atoms with Crippen molar-refractivity contribution < 1.29 is 14.4 Å². The minimum Gasteiger partial charge on any atom is -0.398 e. The number of carbonyl (C=O) groups excluding carboxylic acids is 3. The quantitative estimate of drug-likeness (QED) is 0.537. The van der Waals surface area contributed by atoms with Gasteiger partial charge in [-0.1, -0.05) is 42.5 Å². The number of ketones is 2. The maximum Gasteiger partial charge on any atom is 0.255 e. The Balaban J connectivity index is 1.88. The van der Waals surface area contributed by atoms with Gasteiger partial charge >= 0.3 is 0 Å². The molecule has 0 fully saturated rings. The minimum atomic E-state index is -0.360. The van der Waals surface area contributed by atoms with E-state index in [0.717, 1.165) is 0 Å². The van der Waals surface area contributed by atoms with Gasteiger partial charge in [-0.15, -0.1) is 0 Å². The Hall–Kier alpha value is -3.73. The van der Waals surface area contributed by atoms with Crippen LogP contribution >= 0.6 is 0 Å². The van der Waals surface area contributed by atoms with Crippen LogP contribution in [0, 0.1) is 6.92 Å². The zero-order chi connectivity index (χ0) is 19.1. The van der Waals surface area contributed by atoms with Gasteiger partial charge in [-0.2, -0.15) is 0 Å². The second kappa shape index (κ2) is 6.21. The molecule has 5 heteroatoms. The maximum absolute atomic E-state index is 13.1. The number of anilines is 2. The van der Waals surface area contributed by atoms with Gasteiger partial charge < -0.3 is 11.1 Å². The molecular weight excluding hydrogens is 340 g/mol. The van der Waals surface area contributed by atoms with Crippen LogP contribution < -0.4 is 11.1 Å². The molecule has 5 nitrogen and oxygen atoms in total. The van der Waals surface area contributed by atoms with Crippen molar-refractivity contribution in [1.29, 1.82) is 0 Å². The normalized spacial score (nSPS) is 12.3. The van der Waals surface area contributed by atoms with Crippen molar-refractivity contribution in [1.82, 2.24) is 0 Å². The molecule has 0 aliphatic heterocycles. The molecule has 4 rings (SSSR count). The van der Waals surface area contributed by atoms with E-state index in [1.165, 1.54) is 0 Å². The van der Waals surface area contributed by atoms with Crippen molar-refractivity contribution in [2.45, 2.75) is 6.92 Å². The number of rotatable bonds is 2. The number of aryl methyl sites for hydroxylation is 1. The van der Waals surface area contributed by atoms with E-state index in [4.69, 9.17) is 5.73 Å². The fraction of sp³-hybridized carbons (Fsp3) is 0.0455. The molecule has 0 saturated carbocycles. The van der Waals surface area contributed by atoms with Crippen molar-refractivity contribution in [2.75, 3.05) is 11.1 Å². The summed E-state index contributed by atoms with van der Waals surface area (Å²) < 4.78 is 0. The van der Waals surface area contributed by atoms with Crippen LogP contribution in [0.4, 0.5) is 11.4 Å². The Morgan fingerprint density at radius 2 is 1.41 bits per heavy atom. The first-order valence-electron chi connectivity index (χ1n) is 8.47. The average molecular weight is 356 g/mol. The average Bonchev–Trinajstić information content (AvgIpc) is 2.69. The zero-order valence-electron chi connectivity index (χ0n) is 14.6. The number of nitrogens with two attached hydrogens (primary N) is 1. The van der Waals surface area contributed by atoms with Crippen LogP contribution in [0.2, 0.25) is 0 Å². The van der Waals surface area contributed by atoms with E-state index < -0.39 is 0 Å². The van der Waals surface area contributed by atoms with Crippen LogP contribution in [-0.4, -0.2) is 17.5 Å². The molecule has 1 aliphatic carbocycles. The Labute approximate surface area is 155 Å². The van der Waals surface area contributed by atoms with E-state index in [9.17, 15) is 14.4 Å². The predicted molar refractivity (Wildman–Crippen MR) is 103 cm³/mol. The summed E-state index contributed by atoms with van der Waals surface area (Å²) in [6.07, 6.45) is 0. The van der Waals surface area contributed by atoms with Crippen molar-refractivity contribution >= 4 is 28.8 Å². The van der Waals surface area contributed by atoms with E-state index in [2.05, 4.69) is 5.32 Å². The largest absolute Gasteiger partial charge is 0.398 e. The van der Waals surface area contributed by atoms with E-state index in [0.29, 0.717) is 27.9 Å². The summed E-state index contributed by atoms with van der Waals surface area (Å²) in [4.78, 5) is 38.7. The Morgan fingerprint density at radius 3 is 2.04 bits per heavy atom. The van der Waals surface area contributed by atoms with Gasteiger partial charge in [0.25, 0.3) is 5.91 Å². The lowest BCUT2D eigenvalue weighted by Gasteiger charge is -2.23. The van der Waals surface area contributed by atoms with Crippen molar-refractivity contribution in [2.24, 2.45) is 0 Å². The Morgan fingerprint density at radius 1 is 0.852 bits per heavy atom. The first kappa shape index (κ1) is 16.7. The maximum atomic E-state index is 13.1. The Kier molecular flexibility index (Phi) is 3.85. The third-order valence-corrected chi connectivity index (χ3v) is 4.73. The number of amides is 1. The highest BCUT2D eigenvalue weighted by Crippen LogP contribution is 2.37. The molecular formula is C22H16N2O3. The van der Waals surface area contributed by atoms with Gasteiger partial charge in [0.05, 0.1) is 16.8 Å². The second-order valence-electron chi connectivity index (χ2n) is 6.43. The molecule has 1 amide bonds. The number of hydrogen-bond acceptors (Lipinski definition) is 4. The molecule has 3 N–H and O–H groups in total. The molecule has 0 atom stereocenters. The molecule has 132 valence electrons. The standard InChI is InChI=1S/C22H16N2O3/c1-12-11-16(24-22(27)13-7-3-2-4-8-13)17-18(19(12)23)21(26)15-10-6-5-9-14(15)20(17)25/h2-11H,23H2,1H3,(H,24,27). The molecule has 1 aliphatic rings. The molecule has 0 spiro atoms. The van der Waals surface area contributed by atoms with E-state index in [-0.39, 0.29) is 34.3 Å². The van der Waals surface area contributed by atoms with Crippen molar-refractivity contribution in [3.05, 3.63) is 94.0 Å². The molecule has 0 radical (unpaired) electrons. The summed E-state index contributed by atoms with van der Waals surface area (Å²) in [6.45, 7) is 1.74. The van der Waals surface area contributed by atoms with Crippen LogP contribution in [-0.2, 0) is 0 Å². The highest BCUT2D eigenvalue weighted by atomic mass is 16.2. The summed E-state index contributed by atoms with van der Waals surface area (Å²) in [7, 11) is 0. The minimum absolute atomic E-state index is 0.145. The monoisotopic (exact) mass is 356 g/mol. The Bertz CT molecular complexity index is 1120. The van der Waals surface area contributed by atoms with Crippen molar-refractivity contribution in [3.63, 3.8) is 0 Å². The molecule has 3 aromatic carbocycles. The molecule has 0 aromatic heterocycles. The summed E-state index contributed by atoms with van der Waals surface area (Å²) in [5.74, 6) is -0.993. The van der Waals surface area contributed by atoms with Crippen LogP contribution in [0.15, 0.2) is 60.7 Å². The highest BCUT2D eigenvalue weighted by molar-refractivity contribution is 6.32. The first-order valence-corrected chi connectivity index (χ1v) is 8.47. The van der Waals surface area contributed by atoms with Gasteiger partial charge in [0.2, 0.25) is 0 Å². The number of nitrogens with one attached hydrogen (secondary N) is 1. The number of benzene rings is 3. The zero-order valence-corrected chi connectivity index (χ0v) is 14.6. The highest BCUT2D eigenvalue weighted by Gasteiger charge is 2.34. The third-order valence-electron chi connectivity index (χ3n) is 4.73. The smallest absolute Gasteiger partial charge is 0.255 e. The van der Waals surface area contributed by atoms with Crippen molar-refractivity contribution in [3.8, 4) is 0 Å². The van der Waals surface area contributed by atoms with Crippen LogP contribution in [0.5, 0.6) is 0 Å². The van der Waals surface area contributed by atoms with Crippen LogP contribution in [0.3, 0.4) is 0 Å². The number of carbonyl (C=O) groups is 3. The first-order chi connectivity index (χ1) is 13.0. The lowest BCUT2D eigenvalue weighted by atomic mass is 9.81. The molecule has 0 unspecified atom stereocenters. The summed E-state index contributed by atoms with van der Waals surface area (Å²) in [5.41, 5.74) is 8.70. The molecule has 0 heterocycles. The third kappa shape index (κ3) is 2.60. The number of nitrogen functional groups attached to an aromatic ring is 1. The lowest BCUT2D eigenvalue weighted by molar-refractivity contribution is 0.0979. The van der Waals surface area contributed by atoms with E-state index in [1.807, 2.05) is 6.07 Å².